The second kappa shape index (κ2) is 8.92. The first-order chi connectivity index (χ1) is 10.7. The van der Waals surface area contributed by atoms with Crippen molar-refractivity contribution in [1.29, 1.82) is 0 Å². The van der Waals surface area contributed by atoms with Gasteiger partial charge in [-0.15, -0.1) is 0 Å². The van der Waals surface area contributed by atoms with Crippen molar-refractivity contribution in [1.82, 2.24) is 10.3 Å². The fraction of sp³-hybridized carbons (Fsp3) is 0.538. The molecule has 0 bridgehead atoms. The van der Waals surface area contributed by atoms with Crippen LogP contribution in [0, 0.1) is 0 Å². The van der Waals surface area contributed by atoms with Gasteiger partial charge >= 0.3 is 6.09 Å². The highest BCUT2D eigenvalue weighted by Gasteiger charge is 2.13. The molecule has 0 saturated carbocycles. The average molecular weight is 410 g/mol. The smallest absolute Gasteiger partial charge is 0.407 e. The Labute approximate surface area is 144 Å². The lowest BCUT2D eigenvalue weighted by atomic mass is 10.4. The van der Waals surface area contributed by atoms with E-state index in [1.165, 1.54) is 13.1 Å². The van der Waals surface area contributed by atoms with Gasteiger partial charge in [-0.3, -0.25) is 4.72 Å². The topological polar surface area (TPSA) is 107 Å². The third-order valence-electron chi connectivity index (χ3n) is 2.43. The first-order valence-corrected chi connectivity index (χ1v) is 9.40. The summed E-state index contributed by atoms with van der Waals surface area (Å²) in [5.41, 5.74) is 0.216. The van der Waals surface area contributed by atoms with Gasteiger partial charge in [-0.05, 0) is 42.8 Å². The molecular formula is C13H20BrN3O5S. The van der Waals surface area contributed by atoms with Gasteiger partial charge in [-0.2, -0.15) is 0 Å². The maximum absolute atomic E-state index is 11.7. The molecule has 8 nitrogen and oxygen atoms in total. The number of ether oxygens (including phenoxy) is 2. The van der Waals surface area contributed by atoms with Gasteiger partial charge < -0.3 is 14.8 Å². The van der Waals surface area contributed by atoms with Gasteiger partial charge in [0, 0.05) is 16.7 Å². The molecule has 0 aromatic carbocycles. The molecule has 10 heteroatoms. The second-order valence-electron chi connectivity index (χ2n) is 4.80. The Morgan fingerprint density at radius 2 is 2.09 bits per heavy atom. The number of nitrogens with one attached hydrogen (secondary N) is 2. The Kier molecular flexibility index (Phi) is 7.56. The Morgan fingerprint density at radius 3 is 2.70 bits per heavy atom. The monoisotopic (exact) mass is 409 g/mol. The third-order valence-corrected chi connectivity index (χ3v) is 4.15. The number of carbonyl (C=O) groups is 1. The lowest BCUT2D eigenvalue weighted by Gasteiger charge is -2.13. The van der Waals surface area contributed by atoms with E-state index >= 15 is 0 Å². The summed E-state index contributed by atoms with van der Waals surface area (Å²) in [5.74, 6) is 0.0374. The lowest BCUT2D eigenvalue weighted by molar-refractivity contribution is 0.122. The van der Waals surface area contributed by atoms with Gasteiger partial charge in [-0.25, -0.2) is 18.2 Å². The molecule has 0 atom stereocenters. The van der Waals surface area contributed by atoms with Crippen LogP contribution in [0.4, 0.5) is 10.5 Å². The summed E-state index contributed by atoms with van der Waals surface area (Å²) in [7, 11) is -3.46. The molecule has 1 aromatic heterocycles. The molecule has 0 radical (unpaired) electrons. The molecule has 0 aliphatic rings. The van der Waals surface area contributed by atoms with Gasteiger partial charge in [0.15, 0.2) is 0 Å². The molecular weight excluding hydrogens is 390 g/mol. The molecule has 0 unspecified atom stereocenters. The number of hydrogen-bond acceptors (Lipinski definition) is 6. The van der Waals surface area contributed by atoms with Crippen molar-refractivity contribution in [3.8, 4) is 5.88 Å². The molecule has 1 heterocycles. The Hall–Kier alpha value is -1.55. The van der Waals surface area contributed by atoms with Gasteiger partial charge in [0.25, 0.3) is 0 Å². The Morgan fingerprint density at radius 1 is 1.39 bits per heavy atom. The summed E-state index contributed by atoms with van der Waals surface area (Å²) >= 11 is 3.22. The molecule has 0 spiro atoms. The highest BCUT2D eigenvalue weighted by molar-refractivity contribution is 9.10. The zero-order valence-corrected chi connectivity index (χ0v) is 15.5. The van der Waals surface area contributed by atoms with Crippen LogP contribution in [0.25, 0.3) is 0 Å². The van der Waals surface area contributed by atoms with Crippen LogP contribution in [0.1, 0.15) is 20.8 Å². The molecule has 1 amide bonds. The molecule has 2 N–H and O–H groups in total. The van der Waals surface area contributed by atoms with Gasteiger partial charge in [0.2, 0.25) is 15.9 Å². The van der Waals surface area contributed by atoms with Crippen LogP contribution < -0.4 is 14.8 Å². The minimum atomic E-state index is -3.46. The summed E-state index contributed by atoms with van der Waals surface area (Å²) < 4.78 is 36.6. The number of amides is 1. The van der Waals surface area contributed by atoms with Gasteiger partial charge in [0.05, 0.1) is 5.75 Å². The number of halogens is 1. The van der Waals surface area contributed by atoms with Crippen molar-refractivity contribution < 1.29 is 22.7 Å². The Balaban J connectivity index is 2.61. The maximum Gasteiger partial charge on any atom is 0.407 e. The second-order valence-corrected chi connectivity index (χ2v) is 7.72. The molecule has 0 aliphatic carbocycles. The quantitative estimate of drug-likeness (QED) is 0.636. The van der Waals surface area contributed by atoms with E-state index in [2.05, 4.69) is 31.0 Å². The van der Waals surface area contributed by atoms with E-state index in [0.717, 1.165) is 0 Å². The summed E-state index contributed by atoms with van der Waals surface area (Å²) in [4.78, 5) is 15.3. The predicted octanol–water partition coefficient (Wildman–Crippen LogP) is 2.12. The first-order valence-electron chi connectivity index (χ1n) is 6.95. The minimum absolute atomic E-state index is 0.0102. The molecule has 0 fully saturated rings. The van der Waals surface area contributed by atoms with Crippen molar-refractivity contribution in [2.75, 3.05) is 23.7 Å². The van der Waals surface area contributed by atoms with Crippen molar-refractivity contribution in [3.05, 3.63) is 16.7 Å². The fourth-order valence-electron chi connectivity index (χ4n) is 1.40. The molecule has 0 saturated heterocycles. The average Bonchev–Trinajstić information content (AvgIpc) is 2.44. The van der Waals surface area contributed by atoms with Gasteiger partial charge in [-0.1, -0.05) is 0 Å². The third kappa shape index (κ3) is 7.51. The largest absolute Gasteiger partial charge is 0.473 e. The van der Waals surface area contributed by atoms with Crippen LogP contribution in [0.3, 0.4) is 0 Å². The zero-order chi connectivity index (χ0) is 17.5. The predicted molar refractivity (Wildman–Crippen MR) is 90.1 cm³/mol. The van der Waals surface area contributed by atoms with E-state index in [9.17, 15) is 13.2 Å². The summed E-state index contributed by atoms with van der Waals surface area (Å²) in [6.07, 6.45) is 0.935. The number of anilines is 1. The van der Waals surface area contributed by atoms with Crippen molar-refractivity contribution in [2.24, 2.45) is 0 Å². The number of alkyl carbamates (subject to hydrolysis) is 1. The standard InChI is InChI=1S/C13H20BrN3O5S/c1-4-23(19,20)17-11-7-10(14)8-15-12(11)21-5-6-22-13(18)16-9(2)3/h7-9,17H,4-6H2,1-3H3,(H,16,18). The number of hydrogen-bond donors (Lipinski definition) is 2. The minimum Gasteiger partial charge on any atom is -0.473 e. The normalized spacial score (nSPS) is 11.2. The fourth-order valence-corrected chi connectivity index (χ4v) is 2.36. The van der Waals surface area contributed by atoms with E-state index in [0.29, 0.717) is 4.47 Å². The van der Waals surface area contributed by atoms with Crippen LogP contribution in [0.5, 0.6) is 5.88 Å². The number of sulfonamides is 1. The van der Waals surface area contributed by atoms with Crippen molar-refractivity contribution >= 4 is 37.7 Å². The highest BCUT2D eigenvalue weighted by Crippen LogP contribution is 2.26. The molecule has 23 heavy (non-hydrogen) atoms. The summed E-state index contributed by atoms with van der Waals surface area (Å²) in [6.45, 7) is 5.21. The summed E-state index contributed by atoms with van der Waals surface area (Å²) in [5, 5.41) is 2.57. The van der Waals surface area contributed by atoms with E-state index < -0.39 is 16.1 Å². The van der Waals surface area contributed by atoms with Gasteiger partial charge in [0.1, 0.15) is 18.9 Å². The Bertz CT molecular complexity index is 636. The van der Waals surface area contributed by atoms with Crippen LogP contribution in [-0.2, 0) is 14.8 Å². The van der Waals surface area contributed by atoms with E-state index in [1.807, 2.05) is 13.8 Å². The van der Waals surface area contributed by atoms with Crippen LogP contribution in [0.2, 0.25) is 0 Å². The van der Waals surface area contributed by atoms with E-state index in [1.54, 1.807) is 6.07 Å². The number of rotatable bonds is 8. The highest BCUT2D eigenvalue weighted by atomic mass is 79.9. The molecule has 1 aromatic rings. The van der Waals surface area contributed by atoms with Crippen molar-refractivity contribution in [3.63, 3.8) is 0 Å². The number of aromatic nitrogens is 1. The van der Waals surface area contributed by atoms with Crippen molar-refractivity contribution in [2.45, 2.75) is 26.8 Å². The van der Waals surface area contributed by atoms with Crippen LogP contribution in [0.15, 0.2) is 16.7 Å². The van der Waals surface area contributed by atoms with Crippen LogP contribution in [-0.4, -0.2) is 44.5 Å². The van der Waals surface area contributed by atoms with E-state index in [4.69, 9.17) is 9.47 Å². The SMILES string of the molecule is CCS(=O)(=O)Nc1cc(Br)cnc1OCCOC(=O)NC(C)C. The number of carbonyl (C=O) groups excluding carboxylic acids is 1. The zero-order valence-electron chi connectivity index (χ0n) is 13.1. The molecule has 130 valence electrons. The molecule has 0 aliphatic heterocycles. The molecule has 1 rings (SSSR count). The first kappa shape index (κ1) is 19.5. The summed E-state index contributed by atoms with van der Waals surface area (Å²) in [6, 6.07) is 1.52. The number of pyridine rings is 1. The maximum atomic E-state index is 11.7. The van der Waals surface area contributed by atoms with E-state index in [-0.39, 0.29) is 36.6 Å². The van der Waals surface area contributed by atoms with Crippen LogP contribution >= 0.6 is 15.9 Å². The lowest BCUT2D eigenvalue weighted by Crippen LogP contribution is -2.31. The number of nitrogens with zero attached hydrogens (tertiary/aromatic N) is 1.